The fourth-order valence-corrected chi connectivity index (χ4v) is 11.7. The summed E-state index contributed by atoms with van der Waals surface area (Å²) in [4.78, 5) is 0. The van der Waals surface area contributed by atoms with Gasteiger partial charge >= 0.3 is 0 Å². The van der Waals surface area contributed by atoms with E-state index in [0.29, 0.717) is 0 Å². The molecule has 0 bridgehead atoms. The normalized spacial score (nSPS) is 14.8. The van der Waals surface area contributed by atoms with Crippen LogP contribution >= 0.6 is 11.3 Å². The van der Waals surface area contributed by atoms with Gasteiger partial charge in [0.1, 0.15) is 0 Å². The van der Waals surface area contributed by atoms with E-state index in [1.807, 2.05) is 11.3 Å². The molecule has 0 spiro atoms. The third-order valence-corrected chi connectivity index (χ3v) is 14.4. The zero-order valence-corrected chi connectivity index (χ0v) is 32.2. The van der Waals surface area contributed by atoms with Crippen molar-refractivity contribution in [2.75, 3.05) is 0 Å². The van der Waals surface area contributed by atoms with E-state index in [1.165, 1.54) is 119 Å². The first kappa shape index (κ1) is 31.3. The van der Waals surface area contributed by atoms with Crippen molar-refractivity contribution in [3.05, 3.63) is 180 Å². The van der Waals surface area contributed by atoms with Crippen molar-refractivity contribution in [3.63, 3.8) is 0 Å². The molecule has 0 N–H and O–H groups in total. The zero-order chi connectivity index (χ0) is 36.8. The van der Waals surface area contributed by atoms with Gasteiger partial charge in [-0.15, -0.1) is 11.3 Å². The summed E-state index contributed by atoms with van der Waals surface area (Å²) in [5.74, 6) is 0. The SMILES string of the molecule is CC1(C)c2ccccc2-c2ccc(-c3c4ccccc4c(-c4ccc5c(c4)C(C)(C)c4ccc6cc7sc8ccccc8c7cc6c4-5)c4ccccc34)cc21. The highest BCUT2D eigenvalue weighted by Crippen LogP contribution is 2.55. The molecule has 1 heterocycles. The molecule has 0 radical (unpaired) electrons. The molecule has 12 rings (SSSR count). The summed E-state index contributed by atoms with van der Waals surface area (Å²) in [5.41, 5.74) is 16.1. The second kappa shape index (κ2) is 10.8. The first-order valence-electron chi connectivity index (χ1n) is 19.5. The van der Waals surface area contributed by atoms with Crippen LogP contribution in [0.1, 0.15) is 49.9 Å². The molecule has 0 saturated carbocycles. The number of thiophene rings is 1. The minimum atomic E-state index is -0.138. The zero-order valence-electron chi connectivity index (χ0n) is 31.4. The van der Waals surface area contributed by atoms with Crippen molar-refractivity contribution in [2.24, 2.45) is 0 Å². The fraction of sp³-hybridized carbons (Fsp3) is 0.111. The number of hydrogen-bond donors (Lipinski definition) is 0. The number of hydrogen-bond acceptors (Lipinski definition) is 1. The van der Waals surface area contributed by atoms with Crippen LogP contribution in [0.4, 0.5) is 0 Å². The highest BCUT2D eigenvalue weighted by Gasteiger charge is 2.38. The lowest BCUT2D eigenvalue weighted by Gasteiger charge is -2.24. The largest absolute Gasteiger partial charge is 0.135 e. The molecule has 10 aromatic rings. The number of benzene rings is 9. The molecule has 1 heteroatoms. The summed E-state index contributed by atoms with van der Waals surface area (Å²) >= 11 is 1.90. The molecule has 0 unspecified atom stereocenters. The second-order valence-corrected chi connectivity index (χ2v) is 17.9. The first-order chi connectivity index (χ1) is 26.8. The molecule has 0 saturated heterocycles. The Morgan fingerprint density at radius 2 is 0.855 bits per heavy atom. The molecule has 2 aliphatic carbocycles. The Morgan fingerprint density at radius 1 is 0.327 bits per heavy atom. The molecule has 0 fully saturated rings. The third-order valence-electron chi connectivity index (χ3n) is 13.2. The highest BCUT2D eigenvalue weighted by atomic mass is 32.1. The van der Waals surface area contributed by atoms with E-state index in [2.05, 4.69) is 185 Å². The van der Waals surface area contributed by atoms with Gasteiger partial charge < -0.3 is 0 Å². The number of fused-ring (bicyclic) bond motifs is 13. The summed E-state index contributed by atoms with van der Waals surface area (Å²) in [6.07, 6.45) is 0. The maximum atomic E-state index is 2.52. The fourth-order valence-electron chi connectivity index (χ4n) is 10.5. The van der Waals surface area contributed by atoms with Gasteiger partial charge in [0.05, 0.1) is 0 Å². The van der Waals surface area contributed by atoms with Crippen LogP contribution in [-0.4, -0.2) is 0 Å². The Bertz CT molecular complexity index is 3260. The van der Waals surface area contributed by atoms with Crippen molar-refractivity contribution in [1.29, 1.82) is 0 Å². The van der Waals surface area contributed by atoms with E-state index in [4.69, 9.17) is 0 Å². The molecule has 0 atom stereocenters. The van der Waals surface area contributed by atoms with Crippen LogP contribution in [0, 0.1) is 0 Å². The van der Waals surface area contributed by atoms with E-state index in [-0.39, 0.29) is 10.8 Å². The molecule has 1 aromatic heterocycles. The summed E-state index contributed by atoms with van der Waals surface area (Å²) in [6, 6.07) is 60.1. The van der Waals surface area contributed by atoms with E-state index >= 15 is 0 Å². The van der Waals surface area contributed by atoms with Gasteiger partial charge in [-0.3, -0.25) is 0 Å². The van der Waals surface area contributed by atoms with E-state index < -0.39 is 0 Å². The number of rotatable bonds is 2. The monoisotopic (exact) mass is 718 g/mol. The van der Waals surface area contributed by atoms with Crippen LogP contribution in [0.2, 0.25) is 0 Å². The average molecular weight is 719 g/mol. The maximum absolute atomic E-state index is 2.52. The summed E-state index contributed by atoms with van der Waals surface area (Å²) < 4.78 is 2.71. The molecule has 9 aromatic carbocycles. The van der Waals surface area contributed by atoms with Crippen molar-refractivity contribution in [2.45, 2.75) is 38.5 Å². The molecule has 260 valence electrons. The Balaban J connectivity index is 1.08. The first-order valence-corrected chi connectivity index (χ1v) is 20.3. The van der Waals surface area contributed by atoms with Gasteiger partial charge in [-0.1, -0.05) is 155 Å². The third kappa shape index (κ3) is 4.12. The minimum absolute atomic E-state index is 0.0584. The highest BCUT2D eigenvalue weighted by molar-refractivity contribution is 7.25. The van der Waals surface area contributed by atoms with Crippen molar-refractivity contribution >= 4 is 63.8 Å². The Morgan fingerprint density at radius 3 is 1.53 bits per heavy atom. The standard InChI is InChI=1S/C54H38S/c1-53(2)44-19-11-9-13-34(44)35-24-21-32(27-46(35)53)50-37-15-5-7-17-39(37)51(40-18-8-6-16-38(40)50)33-22-25-41-47(28-33)54(3,4)45-26-23-31-29-49-43(30-42(31)52(41)45)36-14-10-12-20-48(36)55-49/h5-30H,1-4H3. The van der Waals surface area contributed by atoms with Gasteiger partial charge in [-0.2, -0.15) is 0 Å². The van der Waals surface area contributed by atoms with Gasteiger partial charge in [0, 0.05) is 31.0 Å². The van der Waals surface area contributed by atoms with Crippen LogP contribution in [0.25, 0.3) is 97.0 Å². The van der Waals surface area contributed by atoms with Gasteiger partial charge in [0.2, 0.25) is 0 Å². The van der Waals surface area contributed by atoms with Gasteiger partial charge in [0.25, 0.3) is 0 Å². The predicted molar refractivity (Wildman–Crippen MR) is 238 cm³/mol. The van der Waals surface area contributed by atoms with E-state index in [9.17, 15) is 0 Å². The van der Waals surface area contributed by atoms with Gasteiger partial charge in [-0.05, 0) is 129 Å². The smallest absolute Gasteiger partial charge is 0.0361 e. The van der Waals surface area contributed by atoms with Crippen LogP contribution in [0.15, 0.2) is 158 Å². The molecule has 2 aliphatic rings. The van der Waals surface area contributed by atoms with Crippen LogP contribution < -0.4 is 0 Å². The quantitative estimate of drug-likeness (QED) is 0.156. The second-order valence-electron chi connectivity index (χ2n) is 16.8. The Labute approximate surface area is 325 Å². The lowest BCUT2D eigenvalue weighted by molar-refractivity contribution is 0.660. The molecule has 0 amide bonds. The molecule has 0 aliphatic heterocycles. The summed E-state index contributed by atoms with van der Waals surface area (Å²) in [7, 11) is 0. The Kier molecular flexibility index (Phi) is 6.16. The van der Waals surface area contributed by atoms with E-state index in [0.717, 1.165) is 0 Å². The van der Waals surface area contributed by atoms with Gasteiger partial charge in [-0.25, -0.2) is 0 Å². The average Bonchev–Trinajstić information content (AvgIpc) is 3.77. The van der Waals surface area contributed by atoms with Gasteiger partial charge in [0.15, 0.2) is 0 Å². The lowest BCUT2D eigenvalue weighted by atomic mass is 9.79. The van der Waals surface area contributed by atoms with Crippen LogP contribution in [0.3, 0.4) is 0 Å². The molecular formula is C54H38S. The van der Waals surface area contributed by atoms with Crippen molar-refractivity contribution in [1.82, 2.24) is 0 Å². The topological polar surface area (TPSA) is 0 Å². The molecular weight excluding hydrogens is 681 g/mol. The van der Waals surface area contributed by atoms with Crippen molar-refractivity contribution in [3.8, 4) is 44.5 Å². The van der Waals surface area contributed by atoms with E-state index in [1.54, 1.807) is 0 Å². The predicted octanol–water partition coefficient (Wildman–Crippen LogP) is 15.5. The van der Waals surface area contributed by atoms with Crippen LogP contribution in [-0.2, 0) is 10.8 Å². The maximum Gasteiger partial charge on any atom is 0.0361 e. The molecule has 55 heavy (non-hydrogen) atoms. The lowest BCUT2D eigenvalue weighted by Crippen LogP contribution is -2.15. The summed E-state index contributed by atoms with van der Waals surface area (Å²) in [5, 5.41) is 10.6. The van der Waals surface area contributed by atoms with Crippen LogP contribution in [0.5, 0.6) is 0 Å². The summed E-state index contributed by atoms with van der Waals surface area (Å²) in [6.45, 7) is 9.58. The molecule has 0 nitrogen and oxygen atoms in total. The minimum Gasteiger partial charge on any atom is -0.135 e. The van der Waals surface area contributed by atoms with Crippen molar-refractivity contribution < 1.29 is 0 Å². The Hall–Kier alpha value is -6.02.